The number of rotatable bonds is 4. The van der Waals surface area contributed by atoms with Crippen molar-refractivity contribution < 1.29 is 4.74 Å². The third-order valence-corrected chi connectivity index (χ3v) is 5.37. The van der Waals surface area contributed by atoms with Crippen molar-refractivity contribution in [3.63, 3.8) is 0 Å². The molecule has 3 heterocycles. The number of anilines is 1. The number of nitrogens with zero attached hydrogens (tertiary/aromatic N) is 1. The van der Waals surface area contributed by atoms with Crippen LogP contribution in [0.5, 0.6) is 0 Å². The first-order valence-corrected chi connectivity index (χ1v) is 8.76. The molecule has 0 saturated carbocycles. The SMILES string of the molecule is c1ccc2c(c1)C(CC1COCCN1)CN2C[C@@H]1CCNC1. The van der Waals surface area contributed by atoms with Gasteiger partial charge in [0.15, 0.2) is 0 Å². The zero-order chi connectivity index (χ0) is 14.8. The Morgan fingerprint density at radius 1 is 1.23 bits per heavy atom. The summed E-state index contributed by atoms with van der Waals surface area (Å²) in [6.45, 7) is 7.47. The van der Waals surface area contributed by atoms with Gasteiger partial charge in [-0.2, -0.15) is 0 Å². The molecule has 3 aliphatic heterocycles. The predicted molar refractivity (Wildman–Crippen MR) is 89.6 cm³/mol. The molecule has 0 radical (unpaired) electrons. The number of fused-ring (bicyclic) bond motifs is 1. The van der Waals surface area contributed by atoms with E-state index in [9.17, 15) is 0 Å². The van der Waals surface area contributed by atoms with Crippen LogP contribution >= 0.6 is 0 Å². The second kappa shape index (κ2) is 6.57. The van der Waals surface area contributed by atoms with E-state index in [0.29, 0.717) is 12.0 Å². The highest BCUT2D eigenvalue weighted by Gasteiger charge is 2.32. The van der Waals surface area contributed by atoms with E-state index in [-0.39, 0.29) is 0 Å². The van der Waals surface area contributed by atoms with Crippen molar-refractivity contribution in [3.05, 3.63) is 29.8 Å². The Morgan fingerprint density at radius 3 is 3.00 bits per heavy atom. The summed E-state index contributed by atoms with van der Waals surface area (Å²) in [4.78, 5) is 2.63. The van der Waals surface area contributed by atoms with Gasteiger partial charge in [0.1, 0.15) is 0 Å². The Balaban J connectivity index is 1.46. The normalized spacial score (nSPS) is 31.5. The van der Waals surface area contributed by atoms with Crippen LogP contribution in [-0.2, 0) is 4.74 Å². The molecule has 2 saturated heterocycles. The van der Waals surface area contributed by atoms with Gasteiger partial charge in [-0.3, -0.25) is 0 Å². The Bertz CT molecular complexity index is 495. The van der Waals surface area contributed by atoms with Crippen molar-refractivity contribution in [1.82, 2.24) is 10.6 Å². The maximum absolute atomic E-state index is 5.63. The van der Waals surface area contributed by atoms with E-state index in [4.69, 9.17) is 4.74 Å². The number of morpholine rings is 1. The maximum Gasteiger partial charge on any atom is 0.0620 e. The molecule has 2 unspecified atom stereocenters. The van der Waals surface area contributed by atoms with Crippen molar-refractivity contribution in [2.45, 2.75) is 24.8 Å². The highest BCUT2D eigenvalue weighted by Crippen LogP contribution is 2.39. The summed E-state index contributed by atoms with van der Waals surface area (Å²) in [5.41, 5.74) is 3.01. The van der Waals surface area contributed by atoms with Gasteiger partial charge >= 0.3 is 0 Å². The predicted octanol–water partition coefficient (Wildman–Crippen LogP) is 1.58. The molecule has 0 spiro atoms. The van der Waals surface area contributed by atoms with E-state index in [1.807, 2.05) is 0 Å². The van der Waals surface area contributed by atoms with Crippen LogP contribution in [0.3, 0.4) is 0 Å². The monoisotopic (exact) mass is 301 g/mol. The standard InChI is InChI=1S/C18H27N3O/c1-2-4-18-17(3-1)15(9-16-13-22-8-7-20-16)12-21(18)11-14-5-6-19-10-14/h1-4,14-16,19-20H,5-13H2/t14-,15?,16?/m1/s1. The average Bonchev–Trinajstić information content (AvgIpc) is 3.18. The molecular formula is C18H27N3O. The summed E-state index contributed by atoms with van der Waals surface area (Å²) in [6.07, 6.45) is 2.51. The van der Waals surface area contributed by atoms with Crippen LogP contribution in [0.1, 0.15) is 24.3 Å². The molecule has 4 rings (SSSR count). The van der Waals surface area contributed by atoms with Crippen LogP contribution in [0.25, 0.3) is 0 Å². The molecule has 1 aromatic rings. The van der Waals surface area contributed by atoms with Crippen molar-refractivity contribution >= 4 is 5.69 Å². The molecule has 3 atom stereocenters. The van der Waals surface area contributed by atoms with Crippen LogP contribution in [0.4, 0.5) is 5.69 Å². The van der Waals surface area contributed by atoms with E-state index >= 15 is 0 Å². The number of benzene rings is 1. The molecule has 22 heavy (non-hydrogen) atoms. The fourth-order valence-electron chi connectivity index (χ4n) is 4.25. The first-order valence-electron chi connectivity index (χ1n) is 8.76. The topological polar surface area (TPSA) is 36.5 Å². The fourth-order valence-corrected chi connectivity index (χ4v) is 4.25. The molecular weight excluding hydrogens is 274 g/mol. The van der Waals surface area contributed by atoms with Gasteiger partial charge in [0, 0.05) is 37.3 Å². The largest absolute Gasteiger partial charge is 0.379 e. The zero-order valence-corrected chi connectivity index (χ0v) is 13.3. The van der Waals surface area contributed by atoms with Gasteiger partial charge in [0.2, 0.25) is 0 Å². The average molecular weight is 301 g/mol. The molecule has 0 amide bonds. The fraction of sp³-hybridized carbons (Fsp3) is 0.667. The summed E-state index contributed by atoms with van der Waals surface area (Å²) in [7, 11) is 0. The van der Waals surface area contributed by atoms with Gasteiger partial charge in [-0.25, -0.2) is 0 Å². The second-order valence-electron chi connectivity index (χ2n) is 6.98. The van der Waals surface area contributed by atoms with E-state index < -0.39 is 0 Å². The molecule has 0 aromatic heterocycles. The first-order chi connectivity index (χ1) is 10.9. The summed E-state index contributed by atoms with van der Waals surface area (Å²) in [6, 6.07) is 9.53. The van der Waals surface area contributed by atoms with Gasteiger partial charge in [0.25, 0.3) is 0 Å². The summed E-state index contributed by atoms with van der Waals surface area (Å²) < 4.78 is 5.63. The molecule has 4 nitrogen and oxygen atoms in total. The van der Waals surface area contributed by atoms with Crippen LogP contribution in [0.2, 0.25) is 0 Å². The van der Waals surface area contributed by atoms with Gasteiger partial charge < -0.3 is 20.3 Å². The number of hydrogen-bond acceptors (Lipinski definition) is 4. The minimum absolute atomic E-state index is 0.514. The third kappa shape index (κ3) is 3.00. The Hall–Kier alpha value is -1.10. The maximum atomic E-state index is 5.63. The van der Waals surface area contributed by atoms with Crippen LogP contribution in [-0.4, -0.2) is 52.0 Å². The van der Waals surface area contributed by atoms with Crippen molar-refractivity contribution in [3.8, 4) is 0 Å². The smallest absolute Gasteiger partial charge is 0.0620 e. The lowest BCUT2D eigenvalue weighted by Gasteiger charge is -2.27. The molecule has 3 aliphatic rings. The zero-order valence-electron chi connectivity index (χ0n) is 13.3. The number of hydrogen-bond donors (Lipinski definition) is 2. The number of ether oxygens (including phenoxy) is 1. The molecule has 0 bridgehead atoms. The quantitative estimate of drug-likeness (QED) is 0.885. The van der Waals surface area contributed by atoms with E-state index in [1.54, 1.807) is 5.56 Å². The van der Waals surface area contributed by atoms with Gasteiger partial charge in [-0.1, -0.05) is 18.2 Å². The molecule has 4 heteroatoms. The minimum atomic E-state index is 0.514. The second-order valence-corrected chi connectivity index (χ2v) is 6.98. The third-order valence-electron chi connectivity index (χ3n) is 5.37. The molecule has 0 aliphatic carbocycles. The van der Waals surface area contributed by atoms with E-state index in [1.165, 1.54) is 44.7 Å². The lowest BCUT2D eigenvalue weighted by molar-refractivity contribution is 0.0722. The van der Waals surface area contributed by atoms with Crippen molar-refractivity contribution in [2.75, 3.05) is 50.8 Å². The number of para-hydroxylation sites is 1. The summed E-state index contributed by atoms with van der Waals surface area (Å²) >= 11 is 0. The van der Waals surface area contributed by atoms with Crippen molar-refractivity contribution in [1.29, 1.82) is 0 Å². The molecule has 2 N–H and O–H groups in total. The molecule has 2 fully saturated rings. The Labute approximate surface area is 133 Å². The minimum Gasteiger partial charge on any atom is -0.379 e. The Morgan fingerprint density at radius 2 is 2.18 bits per heavy atom. The highest BCUT2D eigenvalue weighted by molar-refractivity contribution is 5.60. The van der Waals surface area contributed by atoms with Crippen molar-refractivity contribution in [2.24, 2.45) is 5.92 Å². The lowest BCUT2D eigenvalue weighted by Crippen LogP contribution is -2.42. The number of nitrogens with one attached hydrogen (secondary N) is 2. The highest BCUT2D eigenvalue weighted by atomic mass is 16.5. The lowest BCUT2D eigenvalue weighted by atomic mass is 9.94. The van der Waals surface area contributed by atoms with Gasteiger partial charge in [0.05, 0.1) is 13.2 Å². The molecule has 1 aromatic carbocycles. The van der Waals surface area contributed by atoms with Gasteiger partial charge in [-0.05, 0) is 43.5 Å². The molecule has 120 valence electrons. The Kier molecular flexibility index (Phi) is 4.33. The summed E-state index contributed by atoms with van der Waals surface area (Å²) in [5, 5.41) is 7.11. The van der Waals surface area contributed by atoms with E-state index in [2.05, 4.69) is 39.8 Å². The summed E-state index contributed by atoms with van der Waals surface area (Å²) in [5.74, 6) is 1.45. The van der Waals surface area contributed by atoms with Crippen LogP contribution < -0.4 is 15.5 Å². The van der Waals surface area contributed by atoms with Crippen LogP contribution in [0, 0.1) is 5.92 Å². The van der Waals surface area contributed by atoms with Crippen LogP contribution in [0.15, 0.2) is 24.3 Å². The van der Waals surface area contributed by atoms with Gasteiger partial charge in [-0.15, -0.1) is 0 Å². The van der Waals surface area contributed by atoms with E-state index in [0.717, 1.165) is 25.7 Å². The first kappa shape index (κ1) is 14.5.